The fourth-order valence-corrected chi connectivity index (χ4v) is 12.3. The number of hydrogen-bond donors (Lipinski definition) is 2. The van der Waals surface area contributed by atoms with E-state index in [9.17, 15) is 19.8 Å². The number of carbonyl (C=O) groups is 2. The quantitative estimate of drug-likeness (QED) is 0.336. The van der Waals surface area contributed by atoms with Gasteiger partial charge >= 0.3 is 0 Å². The lowest BCUT2D eigenvalue weighted by Gasteiger charge is -2.48. The van der Waals surface area contributed by atoms with Gasteiger partial charge in [0.2, 0.25) is 11.8 Å². The maximum Gasteiger partial charge on any atom is 0.261 e. The summed E-state index contributed by atoms with van der Waals surface area (Å²) in [4.78, 5) is 27.8. The molecule has 0 spiro atoms. The van der Waals surface area contributed by atoms with Crippen molar-refractivity contribution in [1.82, 2.24) is 4.90 Å². The van der Waals surface area contributed by atoms with Gasteiger partial charge in [0.25, 0.3) is 8.32 Å². The Kier molecular flexibility index (Phi) is 7.17. The van der Waals surface area contributed by atoms with Gasteiger partial charge in [-0.1, -0.05) is 93.6 Å². The van der Waals surface area contributed by atoms with Crippen molar-refractivity contribution in [3.8, 4) is 5.75 Å². The highest BCUT2D eigenvalue weighted by Crippen LogP contribution is 2.58. The first kappa shape index (κ1) is 28.8. The fourth-order valence-electron chi connectivity index (χ4n) is 7.72. The van der Waals surface area contributed by atoms with Crippen LogP contribution in [0.2, 0.25) is 5.04 Å². The number of rotatable bonds is 6. The molecule has 2 N–H and O–H groups in total. The molecule has 2 aliphatic heterocycles. The van der Waals surface area contributed by atoms with E-state index in [2.05, 4.69) is 45.0 Å². The number of aliphatic hydroxyl groups is 1. The molecule has 3 fully saturated rings. The van der Waals surface area contributed by atoms with Crippen LogP contribution in [-0.2, 0) is 18.8 Å². The molecule has 42 heavy (non-hydrogen) atoms. The smallest absolute Gasteiger partial charge is 0.261 e. The van der Waals surface area contributed by atoms with Gasteiger partial charge in [-0.3, -0.25) is 14.5 Å². The van der Waals surface area contributed by atoms with Crippen LogP contribution in [-0.4, -0.2) is 54.7 Å². The van der Waals surface area contributed by atoms with Crippen LogP contribution in [0.3, 0.4) is 0 Å². The van der Waals surface area contributed by atoms with Crippen LogP contribution in [0.25, 0.3) is 0 Å². The number of amides is 2. The monoisotopic (exact) mass is 585 g/mol. The summed E-state index contributed by atoms with van der Waals surface area (Å²) in [6, 6.07) is 27.4. The lowest BCUT2D eigenvalue weighted by molar-refractivity contribution is -0.273. The number of benzene rings is 3. The van der Waals surface area contributed by atoms with Crippen molar-refractivity contribution in [3.05, 3.63) is 90.5 Å². The number of imide groups is 1. The molecule has 6 rings (SSSR count). The van der Waals surface area contributed by atoms with Crippen LogP contribution in [0.5, 0.6) is 5.75 Å². The Morgan fingerprint density at radius 3 is 2.02 bits per heavy atom. The third kappa shape index (κ3) is 4.43. The molecule has 3 aliphatic rings. The molecule has 2 amide bonds. The Balaban J connectivity index is 1.41. The highest BCUT2D eigenvalue weighted by molar-refractivity contribution is 6.99. The van der Waals surface area contributed by atoms with E-state index < -0.39 is 43.9 Å². The van der Waals surface area contributed by atoms with Gasteiger partial charge < -0.3 is 19.4 Å². The highest BCUT2D eigenvalue weighted by Gasteiger charge is 2.66. The van der Waals surface area contributed by atoms with Gasteiger partial charge in [0.05, 0.1) is 17.9 Å². The minimum Gasteiger partial charge on any atom is -0.508 e. The van der Waals surface area contributed by atoms with Crippen molar-refractivity contribution in [1.29, 1.82) is 0 Å². The largest absolute Gasteiger partial charge is 0.508 e. The van der Waals surface area contributed by atoms with Crippen molar-refractivity contribution in [2.45, 2.75) is 50.5 Å². The zero-order chi connectivity index (χ0) is 29.9. The molecule has 1 aliphatic carbocycles. The van der Waals surface area contributed by atoms with Crippen molar-refractivity contribution in [2.75, 3.05) is 13.7 Å². The second-order valence-electron chi connectivity index (χ2n) is 13.1. The summed E-state index contributed by atoms with van der Waals surface area (Å²) in [7, 11) is -1.40. The molecule has 0 aromatic heterocycles. The minimum atomic E-state index is -2.93. The van der Waals surface area contributed by atoms with Gasteiger partial charge in [-0.2, -0.15) is 0 Å². The molecule has 3 aromatic rings. The van der Waals surface area contributed by atoms with Crippen LogP contribution in [0, 0.1) is 23.7 Å². The van der Waals surface area contributed by atoms with Crippen molar-refractivity contribution >= 4 is 30.5 Å². The predicted octanol–water partition coefficient (Wildman–Crippen LogP) is 3.99. The van der Waals surface area contributed by atoms with Crippen LogP contribution in [0.1, 0.15) is 45.3 Å². The number of phenols is 1. The molecule has 220 valence electrons. The number of fused-ring (bicyclic) bond motifs is 3. The van der Waals surface area contributed by atoms with Crippen molar-refractivity contribution in [2.24, 2.45) is 23.7 Å². The molecule has 2 saturated heterocycles. The minimum absolute atomic E-state index is 0.141. The second kappa shape index (κ2) is 10.5. The number of nitrogens with zero attached hydrogens (tertiary/aromatic N) is 1. The molecule has 6 atom stereocenters. The summed E-state index contributed by atoms with van der Waals surface area (Å²) >= 11 is 0. The second-order valence-corrected chi connectivity index (χ2v) is 17.4. The predicted molar refractivity (Wildman–Crippen MR) is 161 cm³/mol. The topological polar surface area (TPSA) is 96.3 Å². The van der Waals surface area contributed by atoms with Crippen molar-refractivity contribution < 1.29 is 29.0 Å². The zero-order valence-electron chi connectivity index (χ0n) is 24.6. The number of ether oxygens (including phenoxy) is 1. The van der Waals surface area contributed by atoms with Gasteiger partial charge in [0.15, 0.2) is 5.79 Å². The SMILES string of the molecule is CN1C(=O)[C@H]2[C@H](C[C@H](CO[Si](c3ccccc3)(c3ccccc3)C(C)(C)C)[C@@]3(O)O[C@H](c4ccc(O)cc4)C[C@@H]23)C1=O. The molecule has 0 unspecified atom stereocenters. The Morgan fingerprint density at radius 1 is 0.905 bits per heavy atom. The van der Waals surface area contributed by atoms with Crippen LogP contribution < -0.4 is 10.4 Å². The van der Waals surface area contributed by atoms with E-state index in [-0.39, 0.29) is 29.2 Å². The lowest BCUT2D eigenvalue weighted by Crippen LogP contribution is -2.67. The summed E-state index contributed by atoms with van der Waals surface area (Å²) in [6.07, 6.45) is 0.210. The first-order valence-corrected chi connectivity index (χ1v) is 16.6. The molecule has 3 aromatic carbocycles. The fraction of sp³-hybridized carbons (Fsp3) is 0.412. The standard InChI is InChI=1S/C34H39NO6Si/c1-33(2,3)42(25-11-7-5-8-12-25,26-13-9-6-10-14-26)40-21-23-19-27-30(32(38)35(4)31(27)37)28-20-29(41-34(23,28)39)22-15-17-24(36)18-16-22/h5-18,23,27-30,36,39H,19-21H2,1-4H3/t23-,27+,28+,29+,30+,34-/m1/s1. The van der Waals surface area contributed by atoms with E-state index in [4.69, 9.17) is 9.16 Å². The van der Waals surface area contributed by atoms with E-state index in [0.717, 1.165) is 15.9 Å². The highest BCUT2D eigenvalue weighted by atomic mass is 28.4. The van der Waals surface area contributed by atoms with Gasteiger partial charge in [0, 0.05) is 25.5 Å². The Morgan fingerprint density at radius 2 is 1.48 bits per heavy atom. The van der Waals surface area contributed by atoms with Crippen LogP contribution in [0.4, 0.5) is 0 Å². The average Bonchev–Trinajstić information content (AvgIpc) is 3.44. The Labute approximate surface area is 248 Å². The molecule has 8 heteroatoms. The van der Waals surface area contributed by atoms with E-state index in [0.29, 0.717) is 12.8 Å². The van der Waals surface area contributed by atoms with Gasteiger partial charge in [-0.25, -0.2) is 0 Å². The molecule has 0 bridgehead atoms. The number of carbonyl (C=O) groups excluding carboxylic acids is 2. The molecular formula is C34H39NO6Si. The number of phenolic OH excluding ortho intramolecular Hbond substituents is 1. The molecular weight excluding hydrogens is 546 g/mol. The lowest BCUT2D eigenvalue weighted by atomic mass is 9.64. The van der Waals surface area contributed by atoms with E-state index in [1.807, 2.05) is 36.4 Å². The number of aromatic hydroxyl groups is 1. The first-order chi connectivity index (χ1) is 20.0. The van der Waals surface area contributed by atoms with Gasteiger partial charge in [-0.15, -0.1) is 0 Å². The maximum absolute atomic E-state index is 13.3. The molecule has 7 nitrogen and oxygen atoms in total. The van der Waals surface area contributed by atoms with Crippen molar-refractivity contribution in [3.63, 3.8) is 0 Å². The summed E-state index contributed by atoms with van der Waals surface area (Å²) in [6.45, 7) is 6.79. The van der Waals surface area contributed by atoms with E-state index in [1.54, 1.807) is 24.3 Å². The normalized spacial score (nSPS) is 29.5. The Bertz CT molecular complexity index is 1420. The van der Waals surface area contributed by atoms with E-state index in [1.165, 1.54) is 11.9 Å². The maximum atomic E-state index is 13.3. The molecule has 0 radical (unpaired) electrons. The van der Waals surface area contributed by atoms with Gasteiger partial charge in [-0.05, 0) is 45.9 Å². The summed E-state index contributed by atoms with van der Waals surface area (Å²) in [5.74, 6) is -4.23. The summed E-state index contributed by atoms with van der Waals surface area (Å²) < 4.78 is 13.7. The third-order valence-electron chi connectivity index (χ3n) is 9.77. The first-order valence-electron chi connectivity index (χ1n) is 14.7. The number of likely N-dealkylation sites (tertiary alicyclic amines) is 1. The summed E-state index contributed by atoms with van der Waals surface area (Å²) in [5, 5.41) is 24.2. The van der Waals surface area contributed by atoms with Crippen LogP contribution in [0.15, 0.2) is 84.9 Å². The third-order valence-corrected chi connectivity index (χ3v) is 14.8. The van der Waals surface area contributed by atoms with E-state index >= 15 is 0 Å². The zero-order valence-corrected chi connectivity index (χ0v) is 25.6. The van der Waals surface area contributed by atoms with Gasteiger partial charge in [0.1, 0.15) is 5.75 Å². The number of hydrogen-bond acceptors (Lipinski definition) is 6. The average molecular weight is 586 g/mol. The molecule has 1 saturated carbocycles. The Hall–Kier alpha value is -3.30. The summed E-state index contributed by atoms with van der Waals surface area (Å²) in [5.41, 5.74) is 0.809. The molecule has 2 heterocycles. The van der Waals surface area contributed by atoms with Crippen LogP contribution >= 0.6 is 0 Å².